The number of nitrogens with one attached hydrogen (secondary N) is 2. The first-order valence-electron chi connectivity index (χ1n) is 10.4. The Bertz CT molecular complexity index is 1060. The zero-order valence-corrected chi connectivity index (χ0v) is 20.5. The van der Waals surface area contributed by atoms with Crippen molar-refractivity contribution in [3.63, 3.8) is 0 Å². The number of nitrogens with two attached hydrogens (primary N) is 1. The van der Waals surface area contributed by atoms with Crippen molar-refractivity contribution >= 4 is 64.3 Å². The summed E-state index contributed by atoms with van der Waals surface area (Å²) in [5.41, 5.74) is 6.48. The molecule has 0 spiro atoms. The summed E-state index contributed by atoms with van der Waals surface area (Å²) >= 11 is 3.06. The molecule has 6 N–H and O–H groups in total. The topological polar surface area (TPSA) is 187 Å². The van der Waals surface area contributed by atoms with E-state index in [9.17, 15) is 14.4 Å². The molecule has 0 atom stereocenters. The Labute approximate surface area is 209 Å². The number of amides is 4. The van der Waals surface area contributed by atoms with Crippen molar-refractivity contribution in [2.24, 2.45) is 10.7 Å². The van der Waals surface area contributed by atoms with E-state index in [1.807, 2.05) is 40.9 Å². The standard InChI is InChI=1S/C20H23N5O4S2.CH3NO2/c1-13(26)23-19-24-16(17(31-19)18(27)25-8-10-30-11-9-25)7-4-14-2-5-15(6-3-14)21-12-22-20(28)29;2-1(3)4/h2-3,5-6,12H,4,7-11H2,1H3,(H,21,22)(H,28,29)(H,23,24,26);2H2,(H,3,4). The average Bonchev–Trinajstić information content (AvgIpc) is 3.20. The highest BCUT2D eigenvalue weighted by Crippen LogP contribution is 2.27. The third kappa shape index (κ3) is 10.0. The van der Waals surface area contributed by atoms with Gasteiger partial charge in [0.15, 0.2) is 5.13 Å². The average molecular weight is 523 g/mol. The van der Waals surface area contributed by atoms with Crippen LogP contribution < -0.4 is 16.4 Å². The molecule has 188 valence electrons. The van der Waals surface area contributed by atoms with Crippen molar-refractivity contribution in [2.75, 3.05) is 35.2 Å². The number of aliphatic imine (C=N–C) groups is 1. The number of hydrogen-bond acceptors (Lipinski definition) is 7. The fourth-order valence-electron chi connectivity index (χ4n) is 2.99. The maximum atomic E-state index is 13.0. The lowest BCUT2D eigenvalue weighted by molar-refractivity contribution is -0.114. The van der Waals surface area contributed by atoms with Gasteiger partial charge in [0.1, 0.15) is 4.88 Å². The molecule has 14 heteroatoms. The molecule has 0 saturated carbocycles. The fraction of sp³-hybridized carbons (Fsp3) is 0.333. The molecule has 0 bridgehead atoms. The third-order valence-corrected chi connectivity index (χ3v) is 6.43. The summed E-state index contributed by atoms with van der Waals surface area (Å²) in [6, 6.07) is 7.48. The predicted molar refractivity (Wildman–Crippen MR) is 136 cm³/mol. The number of thioether (sulfide) groups is 1. The molecule has 35 heavy (non-hydrogen) atoms. The smallest absolute Gasteiger partial charge is 0.432 e. The Kier molecular flexibility index (Phi) is 11.0. The van der Waals surface area contributed by atoms with Gasteiger partial charge in [-0.05, 0) is 30.5 Å². The molecule has 0 radical (unpaired) electrons. The van der Waals surface area contributed by atoms with Gasteiger partial charge in [-0.25, -0.2) is 14.6 Å². The molecule has 1 aromatic heterocycles. The lowest BCUT2D eigenvalue weighted by Crippen LogP contribution is -2.37. The van der Waals surface area contributed by atoms with Gasteiger partial charge in [0.05, 0.1) is 12.0 Å². The van der Waals surface area contributed by atoms with Gasteiger partial charge >= 0.3 is 12.2 Å². The van der Waals surface area contributed by atoms with E-state index in [0.29, 0.717) is 34.2 Å². The number of carbonyl (C=O) groups is 4. The molecule has 2 aromatic rings. The minimum absolute atomic E-state index is 0.0262. The molecule has 4 amide bonds. The molecule has 0 unspecified atom stereocenters. The van der Waals surface area contributed by atoms with Gasteiger partial charge < -0.3 is 31.5 Å². The number of benzene rings is 1. The van der Waals surface area contributed by atoms with Crippen LogP contribution in [-0.4, -0.2) is 75.0 Å². The van der Waals surface area contributed by atoms with Crippen LogP contribution in [0.4, 0.5) is 20.4 Å². The summed E-state index contributed by atoms with van der Waals surface area (Å²) in [5.74, 6) is 1.61. The highest BCUT2D eigenvalue weighted by molar-refractivity contribution is 7.99. The minimum atomic E-state index is -1.33. The lowest BCUT2D eigenvalue weighted by Gasteiger charge is -2.26. The maximum Gasteiger partial charge on any atom is 0.432 e. The predicted octanol–water partition coefficient (Wildman–Crippen LogP) is 2.82. The van der Waals surface area contributed by atoms with Crippen LogP contribution in [0.5, 0.6) is 0 Å². The molecule has 3 rings (SSSR count). The Morgan fingerprint density at radius 1 is 1.14 bits per heavy atom. The van der Waals surface area contributed by atoms with E-state index >= 15 is 0 Å². The molecular weight excluding hydrogens is 496 g/mol. The van der Waals surface area contributed by atoms with Crippen LogP contribution in [0.25, 0.3) is 0 Å². The summed E-state index contributed by atoms with van der Waals surface area (Å²) in [4.78, 5) is 53.8. The Hall–Kier alpha value is -3.65. The molecule has 1 saturated heterocycles. The number of carbonyl (C=O) groups excluding carboxylic acids is 2. The molecule has 1 aliphatic rings. The summed E-state index contributed by atoms with van der Waals surface area (Å²) in [6.45, 7) is 2.85. The minimum Gasteiger partial charge on any atom is -0.465 e. The van der Waals surface area contributed by atoms with Gasteiger partial charge in [-0.2, -0.15) is 16.8 Å². The number of aromatic nitrogens is 1. The number of thiazole rings is 1. The van der Waals surface area contributed by atoms with Crippen molar-refractivity contribution in [1.29, 1.82) is 0 Å². The quantitative estimate of drug-likeness (QED) is 0.269. The van der Waals surface area contributed by atoms with E-state index in [-0.39, 0.29) is 11.8 Å². The van der Waals surface area contributed by atoms with Crippen molar-refractivity contribution in [3.8, 4) is 0 Å². The Morgan fingerprint density at radius 2 is 1.77 bits per heavy atom. The molecule has 1 fully saturated rings. The Balaban J connectivity index is 0.00000100. The van der Waals surface area contributed by atoms with Crippen LogP contribution in [0.15, 0.2) is 29.3 Å². The molecule has 1 aromatic carbocycles. The zero-order valence-electron chi connectivity index (χ0n) is 18.9. The fourth-order valence-corrected chi connectivity index (χ4v) is 4.92. The van der Waals surface area contributed by atoms with Crippen molar-refractivity contribution in [1.82, 2.24) is 9.88 Å². The highest BCUT2D eigenvalue weighted by atomic mass is 32.2. The number of aryl methyl sites for hydroxylation is 2. The summed E-state index contributed by atoms with van der Waals surface area (Å²) in [6.07, 6.45) is -0.247. The Morgan fingerprint density at radius 3 is 2.34 bits per heavy atom. The normalized spacial score (nSPS) is 13.0. The molecular formula is C21H26N6O6S2. The highest BCUT2D eigenvalue weighted by Gasteiger charge is 2.25. The second-order valence-corrected chi connectivity index (χ2v) is 9.32. The second-order valence-electron chi connectivity index (χ2n) is 7.10. The van der Waals surface area contributed by atoms with Crippen LogP contribution in [-0.2, 0) is 17.6 Å². The number of primary amides is 1. The van der Waals surface area contributed by atoms with E-state index < -0.39 is 12.2 Å². The number of nitrogens with zero attached hydrogens (tertiary/aromatic N) is 3. The summed E-state index contributed by atoms with van der Waals surface area (Å²) < 4.78 is 0. The number of hydrogen-bond donors (Lipinski definition) is 5. The van der Waals surface area contributed by atoms with E-state index in [1.165, 1.54) is 18.3 Å². The maximum absolute atomic E-state index is 13.0. The zero-order chi connectivity index (χ0) is 25.8. The molecule has 0 aliphatic carbocycles. The number of rotatable bonds is 7. The first-order valence-corrected chi connectivity index (χ1v) is 12.4. The van der Waals surface area contributed by atoms with Gasteiger partial charge in [0.2, 0.25) is 5.91 Å². The molecule has 1 aliphatic heterocycles. The van der Waals surface area contributed by atoms with Gasteiger partial charge in [-0.1, -0.05) is 23.5 Å². The van der Waals surface area contributed by atoms with Crippen molar-refractivity contribution < 1.29 is 29.4 Å². The summed E-state index contributed by atoms with van der Waals surface area (Å²) in [7, 11) is 0. The van der Waals surface area contributed by atoms with E-state index in [2.05, 4.69) is 26.3 Å². The largest absolute Gasteiger partial charge is 0.465 e. The van der Waals surface area contributed by atoms with Gasteiger partial charge in [-0.3, -0.25) is 9.59 Å². The second kappa shape index (κ2) is 13.9. The van der Waals surface area contributed by atoms with Crippen molar-refractivity contribution in [3.05, 3.63) is 40.4 Å². The van der Waals surface area contributed by atoms with Crippen LogP contribution in [0.1, 0.15) is 27.9 Å². The molecule has 12 nitrogen and oxygen atoms in total. The number of carboxylic acid groups (broad SMARTS) is 2. The summed E-state index contributed by atoms with van der Waals surface area (Å²) in [5, 5.41) is 21.6. The molecule has 2 heterocycles. The van der Waals surface area contributed by atoms with Crippen LogP contribution in [0.2, 0.25) is 0 Å². The number of anilines is 2. The monoisotopic (exact) mass is 522 g/mol. The van der Waals surface area contributed by atoms with Gasteiger partial charge in [-0.15, -0.1) is 0 Å². The van der Waals surface area contributed by atoms with Gasteiger partial charge in [0, 0.05) is 37.2 Å². The lowest BCUT2D eigenvalue weighted by atomic mass is 10.1. The van der Waals surface area contributed by atoms with Gasteiger partial charge in [0.25, 0.3) is 5.91 Å². The van der Waals surface area contributed by atoms with Crippen LogP contribution in [0.3, 0.4) is 0 Å². The van der Waals surface area contributed by atoms with E-state index in [0.717, 1.165) is 36.5 Å². The van der Waals surface area contributed by atoms with E-state index in [1.54, 1.807) is 0 Å². The first-order chi connectivity index (χ1) is 16.7. The first kappa shape index (κ1) is 27.6. The van der Waals surface area contributed by atoms with Crippen LogP contribution >= 0.6 is 23.1 Å². The van der Waals surface area contributed by atoms with Crippen LogP contribution in [0, 0.1) is 0 Å². The van der Waals surface area contributed by atoms with E-state index in [4.69, 9.17) is 15.0 Å². The SMILES string of the molecule is CC(=O)Nc1nc(CCc2ccc(NC=NC(=O)O)cc2)c(C(=O)N2CCSCC2)s1.NC(=O)O. The van der Waals surface area contributed by atoms with Crippen molar-refractivity contribution in [2.45, 2.75) is 19.8 Å². The third-order valence-electron chi connectivity index (χ3n) is 4.48.